The molecule has 26 heavy (non-hydrogen) atoms. The molecular formula is C20H22N2O3S. The number of nitrogens with zero attached hydrogens (tertiary/aromatic N) is 2. The number of fused-ring (bicyclic) bond motifs is 1. The zero-order valence-electron chi connectivity index (χ0n) is 15.2. The SMILES string of the molecule is C=C(C)COc1ccc(-c2nc3sc(C(=O)O)c(CC)n3c2CC)cc1. The quantitative estimate of drug-likeness (QED) is 0.604. The molecule has 0 fully saturated rings. The van der Waals surface area contributed by atoms with E-state index < -0.39 is 5.97 Å². The number of hydrogen-bond donors (Lipinski definition) is 1. The van der Waals surface area contributed by atoms with E-state index in [4.69, 9.17) is 9.72 Å². The van der Waals surface area contributed by atoms with Crippen molar-refractivity contribution in [3.63, 3.8) is 0 Å². The first-order chi connectivity index (χ1) is 12.5. The van der Waals surface area contributed by atoms with E-state index in [0.717, 1.165) is 45.3 Å². The summed E-state index contributed by atoms with van der Waals surface area (Å²) < 4.78 is 7.66. The van der Waals surface area contributed by atoms with Crippen molar-refractivity contribution >= 4 is 22.3 Å². The zero-order chi connectivity index (χ0) is 18.8. The largest absolute Gasteiger partial charge is 0.489 e. The van der Waals surface area contributed by atoms with Gasteiger partial charge in [-0.25, -0.2) is 9.78 Å². The summed E-state index contributed by atoms with van der Waals surface area (Å²) in [5, 5.41) is 9.44. The maximum absolute atomic E-state index is 11.5. The summed E-state index contributed by atoms with van der Waals surface area (Å²) in [7, 11) is 0. The van der Waals surface area contributed by atoms with Crippen LogP contribution in [0.4, 0.5) is 0 Å². The van der Waals surface area contributed by atoms with Gasteiger partial charge in [0.15, 0.2) is 4.96 Å². The standard InChI is InChI=1S/C20H22N2O3S/c1-5-15-17(13-7-9-14(10-8-13)25-11-12(3)4)21-20-22(15)16(6-2)18(26-20)19(23)24/h7-10H,3,5-6,11H2,1-2,4H3,(H,23,24). The average molecular weight is 370 g/mol. The Morgan fingerprint density at radius 2 is 1.88 bits per heavy atom. The topological polar surface area (TPSA) is 63.8 Å². The fraction of sp³-hybridized carbons (Fsp3) is 0.300. The third-order valence-electron chi connectivity index (χ3n) is 4.14. The molecule has 2 heterocycles. The Labute approximate surface area is 156 Å². The van der Waals surface area contributed by atoms with E-state index in [1.54, 1.807) is 0 Å². The Hall–Kier alpha value is -2.60. The van der Waals surface area contributed by atoms with E-state index >= 15 is 0 Å². The van der Waals surface area contributed by atoms with Crippen molar-refractivity contribution in [2.45, 2.75) is 33.6 Å². The van der Waals surface area contributed by atoms with E-state index in [2.05, 4.69) is 13.5 Å². The molecule has 0 saturated carbocycles. The molecule has 0 saturated heterocycles. The lowest BCUT2D eigenvalue weighted by Gasteiger charge is -2.08. The van der Waals surface area contributed by atoms with Gasteiger partial charge >= 0.3 is 5.97 Å². The number of carboxylic acids is 1. The molecule has 0 aliphatic rings. The molecule has 1 N–H and O–H groups in total. The Bertz CT molecular complexity index is 967. The van der Waals surface area contributed by atoms with Gasteiger partial charge in [0, 0.05) is 11.3 Å². The molecular weight excluding hydrogens is 348 g/mol. The first-order valence-electron chi connectivity index (χ1n) is 8.60. The third-order valence-corrected chi connectivity index (χ3v) is 5.22. The second-order valence-electron chi connectivity index (χ2n) is 6.19. The molecule has 0 atom stereocenters. The van der Waals surface area contributed by atoms with Crippen molar-refractivity contribution in [1.29, 1.82) is 0 Å². The van der Waals surface area contributed by atoms with E-state index in [1.165, 1.54) is 11.3 Å². The highest BCUT2D eigenvalue weighted by atomic mass is 32.1. The van der Waals surface area contributed by atoms with Crippen molar-refractivity contribution < 1.29 is 14.6 Å². The minimum Gasteiger partial charge on any atom is -0.489 e. The van der Waals surface area contributed by atoms with Gasteiger partial charge in [-0.15, -0.1) is 0 Å². The molecule has 3 aromatic rings. The van der Waals surface area contributed by atoms with Crippen LogP contribution in [0.15, 0.2) is 36.4 Å². The summed E-state index contributed by atoms with van der Waals surface area (Å²) in [4.78, 5) is 17.3. The second-order valence-corrected chi connectivity index (χ2v) is 7.16. The van der Waals surface area contributed by atoms with Gasteiger partial charge in [0.1, 0.15) is 17.2 Å². The highest BCUT2D eigenvalue weighted by Gasteiger charge is 2.22. The van der Waals surface area contributed by atoms with Gasteiger partial charge in [-0.3, -0.25) is 4.40 Å². The molecule has 2 aromatic heterocycles. The minimum absolute atomic E-state index is 0.375. The van der Waals surface area contributed by atoms with Crippen molar-refractivity contribution in [2.75, 3.05) is 6.61 Å². The smallest absolute Gasteiger partial charge is 0.347 e. The highest BCUT2D eigenvalue weighted by molar-refractivity contribution is 7.19. The van der Waals surface area contributed by atoms with E-state index in [1.807, 2.05) is 42.5 Å². The number of imidazole rings is 1. The minimum atomic E-state index is -0.889. The lowest BCUT2D eigenvalue weighted by Crippen LogP contribution is -2.03. The molecule has 1 aromatic carbocycles. The molecule has 0 spiro atoms. The Kier molecular flexibility index (Phi) is 5.13. The summed E-state index contributed by atoms with van der Waals surface area (Å²) in [6.07, 6.45) is 1.42. The van der Waals surface area contributed by atoms with Gasteiger partial charge in [0.25, 0.3) is 0 Å². The lowest BCUT2D eigenvalue weighted by molar-refractivity contribution is 0.0700. The van der Waals surface area contributed by atoms with Crippen LogP contribution in [0.3, 0.4) is 0 Å². The Morgan fingerprint density at radius 3 is 2.42 bits per heavy atom. The summed E-state index contributed by atoms with van der Waals surface area (Å²) in [5.74, 6) is -0.0989. The van der Waals surface area contributed by atoms with Gasteiger partial charge in [-0.05, 0) is 49.6 Å². The van der Waals surface area contributed by atoms with Crippen LogP contribution in [0, 0.1) is 0 Å². The van der Waals surface area contributed by atoms with Crippen LogP contribution in [0.1, 0.15) is 41.8 Å². The molecule has 0 aliphatic carbocycles. The third kappa shape index (κ3) is 3.24. The molecule has 0 amide bonds. The summed E-state index contributed by atoms with van der Waals surface area (Å²) in [5.41, 5.74) is 4.72. The molecule has 0 bridgehead atoms. The van der Waals surface area contributed by atoms with Crippen molar-refractivity contribution in [2.24, 2.45) is 0 Å². The van der Waals surface area contributed by atoms with Gasteiger partial charge in [-0.1, -0.05) is 31.8 Å². The molecule has 6 heteroatoms. The van der Waals surface area contributed by atoms with Crippen molar-refractivity contribution in [3.8, 4) is 17.0 Å². The number of carbonyl (C=O) groups is 1. The summed E-state index contributed by atoms with van der Waals surface area (Å²) >= 11 is 1.23. The number of thiazole rings is 1. The number of benzene rings is 1. The average Bonchev–Trinajstić information content (AvgIpc) is 3.15. The number of hydrogen-bond acceptors (Lipinski definition) is 4. The van der Waals surface area contributed by atoms with Gasteiger partial charge < -0.3 is 9.84 Å². The first-order valence-corrected chi connectivity index (χ1v) is 9.41. The van der Waals surface area contributed by atoms with Crippen LogP contribution in [0.5, 0.6) is 5.75 Å². The normalized spacial score (nSPS) is 11.0. The summed E-state index contributed by atoms with van der Waals surface area (Å²) in [6, 6.07) is 7.83. The number of rotatable bonds is 7. The maximum Gasteiger partial charge on any atom is 0.347 e. The molecule has 3 rings (SSSR count). The molecule has 0 aliphatic heterocycles. The van der Waals surface area contributed by atoms with Gasteiger partial charge in [0.2, 0.25) is 0 Å². The monoisotopic (exact) mass is 370 g/mol. The van der Waals surface area contributed by atoms with E-state index in [0.29, 0.717) is 17.9 Å². The Morgan fingerprint density at radius 1 is 1.23 bits per heavy atom. The van der Waals surface area contributed by atoms with Crippen LogP contribution in [-0.4, -0.2) is 27.1 Å². The number of aromatic carboxylic acids is 1. The van der Waals surface area contributed by atoms with Crippen LogP contribution in [0.25, 0.3) is 16.2 Å². The number of aryl methyl sites for hydroxylation is 2. The van der Waals surface area contributed by atoms with Crippen LogP contribution >= 0.6 is 11.3 Å². The van der Waals surface area contributed by atoms with E-state index in [-0.39, 0.29) is 0 Å². The predicted molar refractivity (Wildman–Crippen MR) is 105 cm³/mol. The fourth-order valence-electron chi connectivity index (χ4n) is 2.99. The van der Waals surface area contributed by atoms with Crippen LogP contribution in [-0.2, 0) is 12.8 Å². The highest BCUT2D eigenvalue weighted by Crippen LogP contribution is 2.32. The first kappa shape index (κ1) is 18.2. The number of aromatic nitrogens is 2. The fourth-order valence-corrected chi connectivity index (χ4v) is 4.06. The molecule has 0 radical (unpaired) electrons. The predicted octanol–water partition coefficient (Wildman–Crippen LogP) is 4.84. The van der Waals surface area contributed by atoms with E-state index in [9.17, 15) is 9.90 Å². The van der Waals surface area contributed by atoms with Crippen molar-refractivity contribution in [3.05, 3.63) is 52.7 Å². The van der Waals surface area contributed by atoms with Gasteiger partial charge in [0.05, 0.1) is 11.4 Å². The molecule has 0 unspecified atom stereocenters. The summed E-state index contributed by atoms with van der Waals surface area (Å²) in [6.45, 7) is 10.3. The second kappa shape index (κ2) is 7.33. The maximum atomic E-state index is 11.5. The lowest BCUT2D eigenvalue weighted by atomic mass is 10.1. The zero-order valence-corrected chi connectivity index (χ0v) is 16.0. The molecule has 5 nitrogen and oxygen atoms in total. The Balaban J connectivity index is 2.04. The molecule has 136 valence electrons. The van der Waals surface area contributed by atoms with Gasteiger partial charge in [-0.2, -0.15) is 0 Å². The van der Waals surface area contributed by atoms with Crippen molar-refractivity contribution in [1.82, 2.24) is 9.38 Å². The van der Waals surface area contributed by atoms with Crippen LogP contribution in [0.2, 0.25) is 0 Å². The van der Waals surface area contributed by atoms with Crippen LogP contribution < -0.4 is 4.74 Å². The number of carboxylic acid groups (broad SMARTS) is 1. The number of ether oxygens (including phenoxy) is 1.